The Bertz CT molecular complexity index is 346. The number of aromatic nitrogens is 3. The molecule has 1 heterocycles. The van der Waals surface area contributed by atoms with Crippen LogP contribution < -0.4 is 5.32 Å². The third kappa shape index (κ3) is 6.51. The Labute approximate surface area is 124 Å². The summed E-state index contributed by atoms with van der Waals surface area (Å²) in [5, 5.41) is 7.95. The van der Waals surface area contributed by atoms with E-state index in [1.54, 1.807) is 6.33 Å². The fourth-order valence-electron chi connectivity index (χ4n) is 2.55. The predicted molar refractivity (Wildman–Crippen MR) is 84.8 cm³/mol. The van der Waals surface area contributed by atoms with Crippen molar-refractivity contribution < 1.29 is 0 Å². The van der Waals surface area contributed by atoms with Crippen LogP contribution in [-0.2, 0) is 13.0 Å². The Morgan fingerprint density at radius 3 is 2.65 bits per heavy atom. The number of hydrogen-bond donors (Lipinski definition) is 1. The van der Waals surface area contributed by atoms with Gasteiger partial charge >= 0.3 is 0 Å². The average Bonchev–Trinajstić information content (AvgIpc) is 2.81. The number of hydrogen-bond acceptors (Lipinski definition) is 3. The van der Waals surface area contributed by atoms with Gasteiger partial charge in [0.05, 0.1) is 0 Å². The molecule has 4 nitrogen and oxygen atoms in total. The summed E-state index contributed by atoms with van der Waals surface area (Å²) in [4.78, 5) is 4.45. The van der Waals surface area contributed by atoms with E-state index in [-0.39, 0.29) is 0 Å². The largest absolute Gasteiger partial charge is 0.314 e. The standard InChI is InChI=1S/C16H32N4/c1-5-7-8-9-10-15(17-6-2)11-16-18-13-19-20(16)12-14(3)4/h13-15,17H,5-12H2,1-4H3. The van der Waals surface area contributed by atoms with Crippen LogP contribution in [-0.4, -0.2) is 27.4 Å². The molecule has 0 aliphatic heterocycles. The SMILES string of the molecule is CCCCCCC(Cc1ncnn1CC(C)C)NCC. The Hall–Kier alpha value is -0.900. The molecular formula is C16H32N4. The lowest BCUT2D eigenvalue weighted by Crippen LogP contribution is -2.32. The minimum Gasteiger partial charge on any atom is -0.314 e. The van der Waals surface area contributed by atoms with Gasteiger partial charge in [0.25, 0.3) is 0 Å². The lowest BCUT2D eigenvalue weighted by atomic mass is 10.0. The van der Waals surface area contributed by atoms with Gasteiger partial charge < -0.3 is 5.32 Å². The summed E-state index contributed by atoms with van der Waals surface area (Å²) in [5.41, 5.74) is 0. The van der Waals surface area contributed by atoms with E-state index in [2.05, 4.69) is 47.8 Å². The second-order valence-electron chi connectivity index (χ2n) is 6.06. The van der Waals surface area contributed by atoms with Crippen molar-refractivity contribution in [2.75, 3.05) is 6.54 Å². The van der Waals surface area contributed by atoms with Crippen molar-refractivity contribution in [2.24, 2.45) is 5.92 Å². The lowest BCUT2D eigenvalue weighted by Gasteiger charge is -2.18. The van der Waals surface area contributed by atoms with Gasteiger partial charge in [0.1, 0.15) is 12.2 Å². The van der Waals surface area contributed by atoms with Crippen molar-refractivity contribution in [2.45, 2.75) is 78.8 Å². The molecule has 0 amide bonds. The summed E-state index contributed by atoms with van der Waals surface area (Å²) < 4.78 is 2.07. The van der Waals surface area contributed by atoms with Crippen molar-refractivity contribution in [1.29, 1.82) is 0 Å². The molecule has 0 fully saturated rings. The van der Waals surface area contributed by atoms with E-state index in [1.165, 1.54) is 32.1 Å². The van der Waals surface area contributed by atoms with Crippen LogP contribution in [0.1, 0.15) is 65.6 Å². The first-order valence-corrected chi connectivity index (χ1v) is 8.27. The van der Waals surface area contributed by atoms with E-state index in [4.69, 9.17) is 0 Å². The Morgan fingerprint density at radius 2 is 2.00 bits per heavy atom. The van der Waals surface area contributed by atoms with Crippen LogP contribution >= 0.6 is 0 Å². The van der Waals surface area contributed by atoms with Crippen LogP contribution in [0.2, 0.25) is 0 Å². The molecule has 0 saturated heterocycles. The molecule has 0 aliphatic rings. The topological polar surface area (TPSA) is 42.7 Å². The number of unbranched alkanes of at least 4 members (excludes halogenated alkanes) is 3. The second-order valence-corrected chi connectivity index (χ2v) is 6.06. The Kier molecular flexibility index (Phi) is 8.51. The van der Waals surface area contributed by atoms with Crippen molar-refractivity contribution >= 4 is 0 Å². The maximum absolute atomic E-state index is 4.45. The minimum absolute atomic E-state index is 0.534. The quantitative estimate of drug-likeness (QED) is 0.632. The molecule has 1 aromatic rings. The fourth-order valence-corrected chi connectivity index (χ4v) is 2.55. The molecule has 4 heteroatoms. The van der Waals surface area contributed by atoms with Gasteiger partial charge in [-0.2, -0.15) is 5.10 Å². The number of rotatable bonds is 11. The molecule has 0 bridgehead atoms. The van der Waals surface area contributed by atoms with E-state index in [9.17, 15) is 0 Å². The summed E-state index contributed by atoms with van der Waals surface area (Å²) in [7, 11) is 0. The minimum atomic E-state index is 0.534. The van der Waals surface area contributed by atoms with Crippen LogP contribution in [0.3, 0.4) is 0 Å². The van der Waals surface area contributed by atoms with Gasteiger partial charge in [0.15, 0.2) is 0 Å². The molecule has 0 radical (unpaired) electrons. The van der Waals surface area contributed by atoms with Gasteiger partial charge in [-0.1, -0.05) is 53.4 Å². The predicted octanol–water partition coefficient (Wildman–Crippen LogP) is 3.43. The third-order valence-corrected chi connectivity index (χ3v) is 3.56. The molecule has 0 saturated carbocycles. The van der Waals surface area contributed by atoms with E-state index in [0.29, 0.717) is 12.0 Å². The fraction of sp³-hybridized carbons (Fsp3) is 0.875. The first kappa shape index (κ1) is 17.2. The number of nitrogens with one attached hydrogen (secondary N) is 1. The van der Waals surface area contributed by atoms with E-state index in [0.717, 1.165) is 25.3 Å². The van der Waals surface area contributed by atoms with Gasteiger partial charge in [-0.15, -0.1) is 0 Å². The average molecular weight is 280 g/mol. The molecule has 1 N–H and O–H groups in total. The van der Waals surface area contributed by atoms with Crippen LogP contribution in [0, 0.1) is 5.92 Å². The van der Waals surface area contributed by atoms with Crippen molar-refractivity contribution in [3.63, 3.8) is 0 Å². The zero-order chi connectivity index (χ0) is 14.8. The van der Waals surface area contributed by atoms with Gasteiger partial charge in [-0.05, 0) is 18.9 Å². The Morgan fingerprint density at radius 1 is 1.20 bits per heavy atom. The smallest absolute Gasteiger partial charge is 0.138 e. The van der Waals surface area contributed by atoms with E-state index < -0.39 is 0 Å². The second kappa shape index (κ2) is 9.92. The van der Waals surface area contributed by atoms with Crippen molar-refractivity contribution in [1.82, 2.24) is 20.1 Å². The molecule has 1 rings (SSSR count). The van der Waals surface area contributed by atoms with Gasteiger partial charge in [-0.3, -0.25) is 0 Å². The monoisotopic (exact) mass is 280 g/mol. The first-order valence-electron chi connectivity index (χ1n) is 8.27. The molecule has 1 atom stereocenters. The molecule has 0 aliphatic carbocycles. The summed E-state index contributed by atoms with van der Waals surface area (Å²) in [5.74, 6) is 1.73. The summed E-state index contributed by atoms with van der Waals surface area (Å²) >= 11 is 0. The zero-order valence-corrected chi connectivity index (χ0v) is 13.7. The van der Waals surface area contributed by atoms with Gasteiger partial charge in [-0.25, -0.2) is 9.67 Å². The van der Waals surface area contributed by atoms with Crippen LogP contribution in [0.15, 0.2) is 6.33 Å². The lowest BCUT2D eigenvalue weighted by molar-refractivity contribution is 0.422. The highest BCUT2D eigenvalue weighted by molar-refractivity contribution is 4.90. The first-order chi connectivity index (χ1) is 9.67. The highest BCUT2D eigenvalue weighted by Gasteiger charge is 2.13. The summed E-state index contributed by atoms with van der Waals surface area (Å²) in [6, 6.07) is 0.534. The summed E-state index contributed by atoms with van der Waals surface area (Å²) in [6.07, 6.45) is 9.23. The van der Waals surface area contributed by atoms with E-state index in [1.807, 2.05) is 0 Å². The van der Waals surface area contributed by atoms with Crippen LogP contribution in [0.5, 0.6) is 0 Å². The number of nitrogens with zero attached hydrogens (tertiary/aromatic N) is 3. The van der Waals surface area contributed by atoms with Gasteiger partial charge in [0.2, 0.25) is 0 Å². The molecule has 0 aromatic carbocycles. The number of likely N-dealkylation sites (N-methyl/N-ethyl adjacent to an activating group) is 1. The van der Waals surface area contributed by atoms with Crippen LogP contribution in [0.25, 0.3) is 0 Å². The van der Waals surface area contributed by atoms with Crippen molar-refractivity contribution in [3.8, 4) is 0 Å². The molecule has 1 unspecified atom stereocenters. The molecule has 20 heavy (non-hydrogen) atoms. The normalized spacial score (nSPS) is 13.1. The highest BCUT2D eigenvalue weighted by atomic mass is 15.3. The molecular weight excluding hydrogens is 248 g/mol. The zero-order valence-electron chi connectivity index (χ0n) is 13.7. The van der Waals surface area contributed by atoms with Crippen LogP contribution in [0.4, 0.5) is 0 Å². The maximum Gasteiger partial charge on any atom is 0.138 e. The third-order valence-electron chi connectivity index (χ3n) is 3.56. The Balaban J connectivity index is 2.49. The maximum atomic E-state index is 4.45. The molecule has 1 aromatic heterocycles. The summed E-state index contributed by atoms with van der Waals surface area (Å²) in [6.45, 7) is 10.9. The van der Waals surface area contributed by atoms with Crippen molar-refractivity contribution in [3.05, 3.63) is 12.2 Å². The van der Waals surface area contributed by atoms with Gasteiger partial charge in [0, 0.05) is 19.0 Å². The molecule has 116 valence electrons. The van der Waals surface area contributed by atoms with E-state index >= 15 is 0 Å². The highest BCUT2D eigenvalue weighted by Crippen LogP contribution is 2.10. The molecule has 0 spiro atoms.